The van der Waals surface area contributed by atoms with Crippen molar-refractivity contribution in [2.24, 2.45) is 0 Å². The molecule has 3 rings (SSSR count). The van der Waals surface area contributed by atoms with Crippen LogP contribution in [0.3, 0.4) is 0 Å². The minimum Gasteiger partial charge on any atom is -0.497 e. The summed E-state index contributed by atoms with van der Waals surface area (Å²) in [7, 11) is 1.69. The zero-order valence-corrected chi connectivity index (χ0v) is 14.4. The molecule has 1 aliphatic heterocycles. The van der Waals surface area contributed by atoms with E-state index in [-0.39, 0.29) is 0 Å². The first kappa shape index (κ1) is 16.1. The predicted octanol–water partition coefficient (Wildman–Crippen LogP) is 3.37. The number of piperazine rings is 1. The van der Waals surface area contributed by atoms with E-state index >= 15 is 0 Å². The van der Waals surface area contributed by atoms with Crippen molar-refractivity contribution in [3.05, 3.63) is 52.8 Å². The molecule has 0 N–H and O–H groups in total. The van der Waals surface area contributed by atoms with Crippen LogP contribution in [0.4, 0.5) is 5.69 Å². The van der Waals surface area contributed by atoms with Crippen LogP contribution in [0.15, 0.2) is 36.5 Å². The Morgan fingerprint density at radius 2 is 1.91 bits per heavy atom. The van der Waals surface area contributed by atoms with Gasteiger partial charge in [-0.2, -0.15) is 0 Å². The summed E-state index contributed by atoms with van der Waals surface area (Å²) in [5.74, 6) is 0.864. The van der Waals surface area contributed by atoms with Crippen molar-refractivity contribution < 1.29 is 4.74 Å². The second-order valence-electron chi connectivity index (χ2n) is 5.88. The fourth-order valence-electron chi connectivity index (χ4n) is 2.97. The van der Waals surface area contributed by atoms with Gasteiger partial charge < -0.3 is 9.64 Å². The van der Waals surface area contributed by atoms with Crippen LogP contribution in [-0.4, -0.2) is 43.2 Å². The molecule has 0 amide bonds. The maximum Gasteiger partial charge on any atom is 0.122 e. The van der Waals surface area contributed by atoms with E-state index in [9.17, 15) is 0 Å². The minimum atomic E-state index is 0.800. The van der Waals surface area contributed by atoms with Crippen molar-refractivity contribution in [1.29, 1.82) is 0 Å². The minimum absolute atomic E-state index is 0.800. The van der Waals surface area contributed by atoms with Crippen LogP contribution in [0.5, 0.6) is 5.75 Å². The van der Waals surface area contributed by atoms with Gasteiger partial charge in [0.15, 0.2) is 0 Å². The van der Waals surface area contributed by atoms with E-state index in [4.69, 9.17) is 16.3 Å². The first-order valence-corrected chi connectivity index (χ1v) is 8.26. The molecule has 0 radical (unpaired) electrons. The smallest absolute Gasteiger partial charge is 0.122 e. The molecule has 1 aliphatic rings. The largest absolute Gasteiger partial charge is 0.497 e. The molecule has 2 heterocycles. The molecule has 23 heavy (non-hydrogen) atoms. The molecule has 0 bridgehead atoms. The average Bonchev–Trinajstić information content (AvgIpc) is 2.58. The molecule has 1 aromatic carbocycles. The summed E-state index contributed by atoms with van der Waals surface area (Å²) >= 11 is 6.14. The van der Waals surface area contributed by atoms with E-state index in [0.717, 1.165) is 49.2 Å². The molecular formula is C18H22ClN3O. The highest BCUT2D eigenvalue weighted by molar-refractivity contribution is 6.30. The summed E-state index contributed by atoms with van der Waals surface area (Å²) in [6.07, 6.45) is 1.81. The maximum atomic E-state index is 6.14. The van der Waals surface area contributed by atoms with E-state index in [1.807, 2.05) is 18.2 Å². The Labute approximate surface area is 142 Å². The van der Waals surface area contributed by atoms with Gasteiger partial charge in [-0.1, -0.05) is 17.7 Å². The van der Waals surface area contributed by atoms with Crippen LogP contribution in [-0.2, 0) is 6.54 Å². The number of hydrogen-bond donors (Lipinski definition) is 0. The Morgan fingerprint density at radius 1 is 1.13 bits per heavy atom. The highest BCUT2D eigenvalue weighted by Crippen LogP contribution is 2.25. The van der Waals surface area contributed by atoms with Crippen LogP contribution in [0.1, 0.15) is 11.3 Å². The standard InChI is InChI=1S/C18H22ClN3O/c1-14-3-4-15(19)11-18(14)22-9-7-21(8-10-22)13-16-12-17(23-2)5-6-20-16/h3-6,11-12H,7-10,13H2,1-2H3. The second kappa shape index (κ2) is 7.20. The van der Waals surface area contributed by atoms with E-state index in [0.29, 0.717) is 0 Å². The predicted molar refractivity (Wildman–Crippen MR) is 94.5 cm³/mol. The van der Waals surface area contributed by atoms with Gasteiger partial charge in [-0.3, -0.25) is 9.88 Å². The molecule has 1 saturated heterocycles. The van der Waals surface area contributed by atoms with Gasteiger partial charge in [0, 0.05) is 55.7 Å². The molecule has 0 aliphatic carbocycles. The first-order chi connectivity index (χ1) is 11.2. The van der Waals surface area contributed by atoms with Gasteiger partial charge in [0.1, 0.15) is 5.75 Å². The number of methoxy groups -OCH3 is 1. The van der Waals surface area contributed by atoms with Crippen LogP contribution < -0.4 is 9.64 Å². The first-order valence-electron chi connectivity index (χ1n) is 7.88. The van der Waals surface area contributed by atoms with Gasteiger partial charge in [-0.05, 0) is 30.7 Å². The van der Waals surface area contributed by atoms with Gasteiger partial charge in [-0.25, -0.2) is 0 Å². The lowest BCUT2D eigenvalue weighted by molar-refractivity contribution is 0.246. The number of aromatic nitrogens is 1. The number of rotatable bonds is 4. The van der Waals surface area contributed by atoms with E-state index in [1.54, 1.807) is 13.3 Å². The van der Waals surface area contributed by atoms with Crippen molar-refractivity contribution in [1.82, 2.24) is 9.88 Å². The molecule has 4 nitrogen and oxygen atoms in total. The maximum absolute atomic E-state index is 6.14. The number of ether oxygens (including phenoxy) is 1. The highest BCUT2D eigenvalue weighted by atomic mass is 35.5. The lowest BCUT2D eigenvalue weighted by Gasteiger charge is -2.36. The van der Waals surface area contributed by atoms with E-state index < -0.39 is 0 Å². The number of benzene rings is 1. The molecular weight excluding hydrogens is 310 g/mol. The summed E-state index contributed by atoms with van der Waals surface area (Å²) in [5.41, 5.74) is 3.57. The Hall–Kier alpha value is -1.78. The highest BCUT2D eigenvalue weighted by Gasteiger charge is 2.19. The van der Waals surface area contributed by atoms with Gasteiger partial charge >= 0.3 is 0 Å². The topological polar surface area (TPSA) is 28.6 Å². The van der Waals surface area contributed by atoms with E-state index in [2.05, 4.69) is 33.8 Å². The molecule has 0 unspecified atom stereocenters. The van der Waals surface area contributed by atoms with Gasteiger partial charge in [0.2, 0.25) is 0 Å². The number of aryl methyl sites for hydroxylation is 1. The zero-order chi connectivity index (χ0) is 16.2. The Morgan fingerprint density at radius 3 is 2.65 bits per heavy atom. The molecule has 2 aromatic rings. The molecule has 1 aromatic heterocycles. The number of anilines is 1. The third-order valence-corrected chi connectivity index (χ3v) is 4.53. The van der Waals surface area contributed by atoms with E-state index in [1.165, 1.54) is 11.3 Å². The quantitative estimate of drug-likeness (QED) is 0.858. The Kier molecular flexibility index (Phi) is 5.03. The number of halogens is 1. The van der Waals surface area contributed by atoms with Gasteiger partial charge in [0.05, 0.1) is 12.8 Å². The van der Waals surface area contributed by atoms with Crippen LogP contribution in [0.2, 0.25) is 5.02 Å². The SMILES string of the molecule is COc1ccnc(CN2CCN(c3cc(Cl)ccc3C)CC2)c1. The third-order valence-electron chi connectivity index (χ3n) is 4.29. The van der Waals surface area contributed by atoms with Crippen LogP contribution in [0.25, 0.3) is 0 Å². The lowest BCUT2D eigenvalue weighted by atomic mass is 10.1. The Bertz CT molecular complexity index is 669. The fourth-order valence-corrected chi connectivity index (χ4v) is 3.14. The molecule has 0 spiro atoms. The average molecular weight is 332 g/mol. The molecule has 5 heteroatoms. The van der Waals surface area contributed by atoms with Crippen molar-refractivity contribution in [3.63, 3.8) is 0 Å². The monoisotopic (exact) mass is 331 g/mol. The molecule has 0 saturated carbocycles. The third kappa shape index (κ3) is 3.95. The summed E-state index contributed by atoms with van der Waals surface area (Å²) in [5, 5.41) is 0.800. The summed E-state index contributed by atoms with van der Waals surface area (Å²) in [4.78, 5) is 9.27. The zero-order valence-electron chi connectivity index (χ0n) is 13.6. The molecule has 1 fully saturated rings. The van der Waals surface area contributed by atoms with Gasteiger partial charge in [0.25, 0.3) is 0 Å². The number of nitrogens with zero attached hydrogens (tertiary/aromatic N) is 3. The van der Waals surface area contributed by atoms with Crippen LogP contribution >= 0.6 is 11.6 Å². The fraction of sp³-hybridized carbons (Fsp3) is 0.389. The van der Waals surface area contributed by atoms with Crippen molar-refractivity contribution in [3.8, 4) is 5.75 Å². The van der Waals surface area contributed by atoms with Crippen LogP contribution in [0, 0.1) is 6.92 Å². The van der Waals surface area contributed by atoms with Gasteiger partial charge in [-0.15, -0.1) is 0 Å². The summed E-state index contributed by atoms with van der Waals surface area (Å²) in [6.45, 7) is 7.05. The van der Waals surface area contributed by atoms with Crippen molar-refractivity contribution in [2.45, 2.75) is 13.5 Å². The molecule has 122 valence electrons. The number of pyridine rings is 1. The molecule has 0 atom stereocenters. The second-order valence-corrected chi connectivity index (χ2v) is 6.32. The van der Waals surface area contributed by atoms with Crippen molar-refractivity contribution in [2.75, 3.05) is 38.2 Å². The Balaban J connectivity index is 1.61. The van der Waals surface area contributed by atoms with Crippen molar-refractivity contribution >= 4 is 17.3 Å². The normalized spacial score (nSPS) is 15.7. The lowest BCUT2D eigenvalue weighted by Crippen LogP contribution is -2.46. The number of hydrogen-bond acceptors (Lipinski definition) is 4. The summed E-state index contributed by atoms with van der Waals surface area (Å²) in [6, 6.07) is 9.99. The summed E-state index contributed by atoms with van der Waals surface area (Å²) < 4.78 is 5.26.